The van der Waals surface area contributed by atoms with Gasteiger partial charge in [-0.15, -0.1) is 0 Å². The third-order valence-corrected chi connectivity index (χ3v) is 3.87. The Morgan fingerprint density at radius 1 is 1.10 bits per heavy atom. The summed E-state index contributed by atoms with van der Waals surface area (Å²) < 4.78 is 0. The van der Waals surface area contributed by atoms with E-state index in [1.165, 1.54) is 6.33 Å². The van der Waals surface area contributed by atoms with Gasteiger partial charge in [-0.25, -0.2) is 4.98 Å². The van der Waals surface area contributed by atoms with Crippen LogP contribution in [0.15, 0.2) is 65.0 Å². The van der Waals surface area contributed by atoms with Crippen LogP contribution in [-0.2, 0) is 0 Å². The summed E-state index contributed by atoms with van der Waals surface area (Å²) >= 11 is 1.55. The number of anilines is 1. The zero-order valence-electron chi connectivity index (χ0n) is 11.5. The second kappa shape index (κ2) is 6.41. The highest BCUT2D eigenvalue weighted by Gasteiger charge is 2.06. The number of aromatic amines is 1. The van der Waals surface area contributed by atoms with Gasteiger partial charge in [0.05, 0.1) is 11.7 Å². The van der Waals surface area contributed by atoms with E-state index in [4.69, 9.17) is 0 Å². The summed E-state index contributed by atoms with van der Waals surface area (Å²) in [6.07, 6.45) is 3.32. The van der Waals surface area contributed by atoms with Crippen LogP contribution in [-0.4, -0.2) is 20.2 Å². The molecule has 1 atom stereocenters. The van der Waals surface area contributed by atoms with Crippen molar-refractivity contribution in [3.63, 3.8) is 0 Å². The molecule has 2 heterocycles. The maximum atomic E-state index is 4.36. The van der Waals surface area contributed by atoms with Crippen LogP contribution in [0.3, 0.4) is 0 Å². The van der Waals surface area contributed by atoms with Crippen molar-refractivity contribution in [2.24, 2.45) is 0 Å². The Labute approximate surface area is 127 Å². The SMILES string of the molecule is CC(Nc1ccc(Sc2ncn[nH]2)cc1)c1ccccn1. The molecule has 2 N–H and O–H groups in total. The van der Waals surface area contributed by atoms with Crippen molar-refractivity contribution in [1.82, 2.24) is 20.2 Å². The Morgan fingerprint density at radius 2 is 1.95 bits per heavy atom. The molecule has 21 heavy (non-hydrogen) atoms. The van der Waals surface area contributed by atoms with Gasteiger partial charge in [0, 0.05) is 16.8 Å². The molecule has 0 bridgehead atoms. The summed E-state index contributed by atoms with van der Waals surface area (Å²) in [4.78, 5) is 9.56. The van der Waals surface area contributed by atoms with Crippen molar-refractivity contribution in [2.45, 2.75) is 23.0 Å². The first-order valence-corrected chi connectivity index (χ1v) is 7.43. The number of hydrogen-bond donors (Lipinski definition) is 2. The minimum atomic E-state index is 0.166. The molecule has 0 saturated heterocycles. The summed E-state index contributed by atoms with van der Waals surface area (Å²) in [5, 5.41) is 10.9. The van der Waals surface area contributed by atoms with Gasteiger partial charge in [0.15, 0.2) is 5.16 Å². The van der Waals surface area contributed by atoms with Crippen LogP contribution in [0.2, 0.25) is 0 Å². The van der Waals surface area contributed by atoms with Crippen molar-refractivity contribution in [3.05, 3.63) is 60.7 Å². The van der Waals surface area contributed by atoms with E-state index in [1.807, 2.05) is 24.4 Å². The molecular weight excluding hydrogens is 282 g/mol. The molecule has 0 aliphatic carbocycles. The van der Waals surface area contributed by atoms with Crippen LogP contribution < -0.4 is 5.32 Å². The third-order valence-electron chi connectivity index (χ3n) is 2.98. The van der Waals surface area contributed by atoms with Crippen molar-refractivity contribution >= 4 is 17.4 Å². The molecule has 1 unspecified atom stereocenters. The molecule has 0 aliphatic heterocycles. The summed E-state index contributed by atoms with van der Waals surface area (Å²) in [7, 11) is 0. The predicted molar refractivity (Wildman–Crippen MR) is 83.2 cm³/mol. The number of nitrogens with one attached hydrogen (secondary N) is 2. The lowest BCUT2D eigenvalue weighted by Gasteiger charge is -2.14. The minimum Gasteiger partial charge on any atom is -0.377 e. The Bertz CT molecular complexity index is 667. The van der Waals surface area contributed by atoms with Gasteiger partial charge in [-0.1, -0.05) is 17.8 Å². The molecule has 3 aromatic rings. The first kappa shape index (κ1) is 13.6. The number of H-pyrrole nitrogens is 1. The molecule has 0 aliphatic rings. The second-order valence-electron chi connectivity index (χ2n) is 4.54. The standard InChI is InChI=1S/C15H15N5S/c1-11(14-4-2-3-9-16-14)19-12-5-7-13(8-6-12)21-15-17-10-18-20-15/h2-11,19H,1H3,(H,17,18,20). The molecule has 0 fully saturated rings. The number of nitrogens with zero attached hydrogens (tertiary/aromatic N) is 3. The van der Waals surface area contributed by atoms with Gasteiger partial charge >= 0.3 is 0 Å². The van der Waals surface area contributed by atoms with Gasteiger partial charge < -0.3 is 5.32 Å². The fourth-order valence-corrected chi connectivity index (χ4v) is 2.62. The highest BCUT2D eigenvalue weighted by molar-refractivity contribution is 7.99. The van der Waals surface area contributed by atoms with Gasteiger partial charge in [0.1, 0.15) is 6.33 Å². The number of rotatable bonds is 5. The number of aromatic nitrogens is 4. The van der Waals surface area contributed by atoms with Gasteiger partial charge in [-0.3, -0.25) is 10.1 Å². The molecule has 2 aromatic heterocycles. The first-order valence-electron chi connectivity index (χ1n) is 6.62. The van der Waals surface area contributed by atoms with E-state index in [1.54, 1.807) is 11.8 Å². The molecule has 0 amide bonds. The molecular formula is C15H15N5S. The van der Waals surface area contributed by atoms with Gasteiger partial charge in [0.25, 0.3) is 0 Å². The average molecular weight is 297 g/mol. The van der Waals surface area contributed by atoms with E-state index < -0.39 is 0 Å². The van der Waals surface area contributed by atoms with Crippen molar-refractivity contribution < 1.29 is 0 Å². The zero-order valence-corrected chi connectivity index (χ0v) is 12.3. The van der Waals surface area contributed by atoms with E-state index in [0.29, 0.717) is 0 Å². The van der Waals surface area contributed by atoms with Crippen molar-refractivity contribution in [3.8, 4) is 0 Å². The fourth-order valence-electron chi connectivity index (χ4n) is 1.93. The number of pyridine rings is 1. The normalized spacial score (nSPS) is 12.0. The van der Waals surface area contributed by atoms with Crippen LogP contribution in [0.4, 0.5) is 5.69 Å². The van der Waals surface area contributed by atoms with Crippen LogP contribution in [0, 0.1) is 0 Å². The molecule has 5 nitrogen and oxygen atoms in total. The molecule has 3 rings (SSSR count). The fraction of sp³-hybridized carbons (Fsp3) is 0.133. The Kier molecular flexibility index (Phi) is 4.16. The lowest BCUT2D eigenvalue weighted by molar-refractivity contribution is 0.839. The average Bonchev–Trinajstić information content (AvgIpc) is 3.03. The molecule has 0 saturated carbocycles. The molecule has 106 valence electrons. The van der Waals surface area contributed by atoms with Crippen molar-refractivity contribution in [2.75, 3.05) is 5.32 Å². The molecule has 0 radical (unpaired) electrons. The maximum absolute atomic E-state index is 4.36. The van der Waals surface area contributed by atoms with Gasteiger partial charge in [-0.05, 0) is 43.3 Å². The minimum absolute atomic E-state index is 0.166. The summed E-state index contributed by atoms with van der Waals surface area (Å²) in [6.45, 7) is 2.10. The molecule has 0 spiro atoms. The zero-order chi connectivity index (χ0) is 14.5. The number of benzene rings is 1. The lowest BCUT2D eigenvalue weighted by Crippen LogP contribution is -2.07. The Balaban J connectivity index is 1.64. The van der Waals surface area contributed by atoms with E-state index in [2.05, 4.69) is 56.7 Å². The van der Waals surface area contributed by atoms with Gasteiger partial charge in [0.2, 0.25) is 0 Å². The summed E-state index contributed by atoms with van der Waals surface area (Å²) in [5.74, 6) is 0. The van der Waals surface area contributed by atoms with Crippen LogP contribution >= 0.6 is 11.8 Å². The van der Waals surface area contributed by atoms with E-state index >= 15 is 0 Å². The van der Waals surface area contributed by atoms with Crippen molar-refractivity contribution in [1.29, 1.82) is 0 Å². The monoisotopic (exact) mass is 297 g/mol. The maximum Gasteiger partial charge on any atom is 0.188 e. The highest BCUT2D eigenvalue weighted by atomic mass is 32.2. The smallest absolute Gasteiger partial charge is 0.188 e. The van der Waals surface area contributed by atoms with Crippen LogP contribution in [0.1, 0.15) is 18.7 Å². The first-order chi connectivity index (χ1) is 10.3. The highest BCUT2D eigenvalue weighted by Crippen LogP contribution is 2.26. The second-order valence-corrected chi connectivity index (χ2v) is 5.60. The summed E-state index contributed by atoms with van der Waals surface area (Å²) in [6, 6.07) is 14.3. The lowest BCUT2D eigenvalue weighted by atomic mass is 10.2. The van der Waals surface area contributed by atoms with E-state index in [0.717, 1.165) is 21.4 Å². The quantitative estimate of drug-likeness (QED) is 0.754. The van der Waals surface area contributed by atoms with Crippen LogP contribution in [0.5, 0.6) is 0 Å². The van der Waals surface area contributed by atoms with E-state index in [-0.39, 0.29) is 6.04 Å². The summed E-state index contributed by atoms with van der Waals surface area (Å²) in [5.41, 5.74) is 2.09. The largest absolute Gasteiger partial charge is 0.377 e. The predicted octanol–water partition coefficient (Wildman–Crippen LogP) is 3.52. The van der Waals surface area contributed by atoms with Crippen LogP contribution in [0.25, 0.3) is 0 Å². The van der Waals surface area contributed by atoms with E-state index in [9.17, 15) is 0 Å². The van der Waals surface area contributed by atoms with Gasteiger partial charge in [-0.2, -0.15) is 5.10 Å². The third kappa shape index (κ3) is 3.61. The Hall–Kier alpha value is -2.34. The topological polar surface area (TPSA) is 66.5 Å². The Morgan fingerprint density at radius 3 is 2.62 bits per heavy atom. The molecule has 6 heteroatoms. The molecule has 1 aromatic carbocycles. The number of hydrogen-bond acceptors (Lipinski definition) is 5.